The summed E-state index contributed by atoms with van der Waals surface area (Å²) < 4.78 is 28.3. The van der Waals surface area contributed by atoms with E-state index in [9.17, 15) is 13.2 Å². The highest BCUT2D eigenvalue weighted by Gasteiger charge is 2.43. The second-order valence-corrected chi connectivity index (χ2v) is 7.20. The molecule has 1 aliphatic carbocycles. The zero-order chi connectivity index (χ0) is 15.0. The van der Waals surface area contributed by atoms with Crippen molar-refractivity contribution in [3.63, 3.8) is 0 Å². The smallest absolute Gasteiger partial charge is 0.323 e. The lowest BCUT2D eigenvalue weighted by Gasteiger charge is -2.18. The molecule has 1 aliphatic rings. The molecule has 0 bridgehead atoms. The standard InChI is InChI=1S/C13H17NO5S/c1-20(17,18)11-4-2-9(3-5-11)19-10-6-7-13(14,8-10)12(15)16/h2-5,10H,6-8,14H2,1H3,(H,15,16). The second kappa shape index (κ2) is 5.06. The van der Waals surface area contributed by atoms with Gasteiger partial charge in [0.05, 0.1) is 4.90 Å². The van der Waals surface area contributed by atoms with Gasteiger partial charge in [-0.1, -0.05) is 0 Å². The summed E-state index contributed by atoms with van der Waals surface area (Å²) in [5.41, 5.74) is 4.54. The Morgan fingerprint density at radius 1 is 1.40 bits per heavy atom. The zero-order valence-electron chi connectivity index (χ0n) is 11.1. The maximum absolute atomic E-state index is 11.3. The molecule has 0 radical (unpaired) electrons. The van der Waals surface area contributed by atoms with Crippen molar-refractivity contribution in [2.24, 2.45) is 5.73 Å². The van der Waals surface area contributed by atoms with Crippen LogP contribution in [0.5, 0.6) is 5.75 Å². The first kappa shape index (κ1) is 14.8. The molecule has 0 aromatic heterocycles. The minimum absolute atomic E-state index is 0.218. The van der Waals surface area contributed by atoms with E-state index in [1.807, 2.05) is 0 Å². The number of hydrogen-bond acceptors (Lipinski definition) is 5. The molecule has 6 nitrogen and oxygen atoms in total. The fraction of sp³-hybridized carbons (Fsp3) is 0.462. The van der Waals surface area contributed by atoms with E-state index >= 15 is 0 Å². The molecule has 0 amide bonds. The Bertz CT molecular complexity index is 610. The van der Waals surface area contributed by atoms with Crippen LogP contribution in [0.1, 0.15) is 19.3 Å². The molecule has 20 heavy (non-hydrogen) atoms. The predicted octanol–water partition coefficient (Wildman–Crippen LogP) is 0.803. The minimum atomic E-state index is -3.23. The molecule has 0 aliphatic heterocycles. The van der Waals surface area contributed by atoms with Gasteiger partial charge >= 0.3 is 5.97 Å². The average molecular weight is 299 g/mol. The number of nitrogens with two attached hydrogens (primary N) is 1. The summed E-state index contributed by atoms with van der Waals surface area (Å²) >= 11 is 0. The molecule has 2 unspecified atom stereocenters. The normalized spacial score (nSPS) is 26.4. The Morgan fingerprint density at radius 3 is 2.45 bits per heavy atom. The summed E-state index contributed by atoms with van der Waals surface area (Å²) in [6.45, 7) is 0. The molecule has 0 heterocycles. The molecule has 2 rings (SSSR count). The number of sulfone groups is 1. The molecular formula is C13H17NO5S. The maximum atomic E-state index is 11.3. The maximum Gasteiger partial charge on any atom is 0.323 e. The second-order valence-electron chi connectivity index (χ2n) is 5.19. The van der Waals surface area contributed by atoms with E-state index in [4.69, 9.17) is 15.6 Å². The average Bonchev–Trinajstić information content (AvgIpc) is 2.72. The van der Waals surface area contributed by atoms with Crippen LogP contribution in [0.25, 0.3) is 0 Å². The molecule has 0 saturated heterocycles. The third-order valence-corrected chi connectivity index (χ3v) is 4.61. The lowest BCUT2D eigenvalue weighted by atomic mass is 10.00. The summed E-state index contributed by atoms with van der Waals surface area (Å²) in [5, 5.41) is 9.04. The van der Waals surface area contributed by atoms with E-state index in [2.05, 4.69) is 0 Å². The van der Waals surface area contributed by atoms with E-state index in [-0.39, 0.29) is 17.4 Å². The molecule has 7 heteroatoms. The van der Waals surface area contributed by atoms with E-state index in [0.717, 1.165) is 6.26 Å². The van der Waals surface area contributed by atoms with Gasteiger partial charge in [-0.25, -0.2) is 8.42 Å². The van der Waals surface area contributed by atoms with Gasteiger partial charge in [0.15, 0.2) is 9.84 Å². The van der Waals surface area contributed by atoms with Gasteiger partial charge in [0, 0.05) is 12.7 Å². The molecular weight excluding hydrogens is 282 g/mol. The fourth-order valence-corrected chi connectivity index (χ4v) is 2.91. The lowest BCUT2D eigenvalue weighted by Crippen LogP contribution is -2.46. The predicted molar refractivity (Wildman–Crippen MR) is 72.4 cm³/mol. The van der Waals surface area contributed by atoms with Gasteiger partial charge in [-0.15, -0.1) is 0 Å². The van der Waals surface area contributed by atoms with Gasteiger partial charge in [-0.3, -0.25) is 4.79 Å². The van der Waals surface area contributed by atoms with Crippen LogP contribution in [0, 0.1) is 0 Å². The van der Waals surface area contributed by atoms with Crippen molar-refractivity contribution in [3.05, 3.63) is 24.3 Å². The molecule has 3 N–H and O–H groups in total. The van der Waals surface area contributed by atoms with Crippen LogP contribution in [0.4, 0.5) is 0 Å². The number of aliphatic carboxylic acids is 1. The molecule has 2 atom stereocenters. The number of carbonyl (C=O) groups is 1. The number of rotatable bonds is 4. The van der Waals surface area contributed by atoms with Gasteiger partial charge in [0.1, 0.15) is 17.4 Å². The lowest BCUT2D eigenvalue weighted by molar-refractivity contribution is -0.143. The van der Waals surface area contributed by atoms with Gasteiger partial charge in [-0.2, -0.15) is 0 Å². The SMILES string of the molecule is CS(=O)(=O)c1ccc(OC2CCC(N)(C(=O)O)C2)cc1. The van der Waals surface area contributed by atoms with Crippen molar-refractivity contribution in [1.82, 2.24) is 0 Å². The van der Waals surface area contributed by atoms with Crippen LogP contribution in [0.3, 0.4) is 0 Å². The van der Waals surface area contributed by atoms with Crippen LogP contribution < -0.4 is 10.5 Å². The van der Waals surface area contributed by atoms with E-state index in [1.165, 1.54) is 12.1 Å². The van der Waals surface area contributed by atoms with Crippen LogP contribution in [-0.2, 0) is 14.6 Å². The fourth-order valence-electron chi connectivity index (χ4n) is 2.28. The quantitative estimate of drug-likeness (QED) is 0.851. The van der Waals surface area contributed by atoms with Crippen LogP contribution >= 0.6 is 0 Å². The molecule has 0 spiro atoms. The summed E-state index contributed by atoms with van der Waals surface area (Å²) in [7, 11) is -3.23. The third kappa shape index (κ3) is 3.10. The largest absolute Gasteiger partial charge is 0.490 e. The minimum Gasteiger partial charge on any atom is -0.490 e. The van der Waals surface area contributed by atoms with Crippen molar-refractivity contribution < 1.29 is 23.1 Å². The monoisotopic (exact) mass is 299 g/mol. The Kier molecular flexibility index (Phi) is 3.75. The van der Waals surface area contributed by atoms with Crippen LogP contribution in [0.15, 0.2) is 29.2 Å². The molecule has 1 saturated carbocycles. The van der Waals surface area contributed by atoms with Crippen molar-refractivity contribution in [1.29, 1.82) is 0 Å². The summed E-state index contributed by atoms with van der Waals surface area (Å²) in [5.74, 6) is -0.506. The number of carboxylic acids is 1. The number of carboxylic acid groups (broad SMARTS) is 1. The summed E-state index contributed by atoms with van der Waals surface area (Å²) in [4.78, 5) is 11.2. The van der Waals surface area contributed by atoms with Gasteiger partial charge < -0.3 is 15.6 Å². The highest BCUT2D eigenvalue weighted by Crippen LogP contribution is 2.31. The third-order valence-electron chi connectivity index (χ3n) is 3.48. The summed E-state index contributed by atoms with van der Waals surface area (Å²) in [6, 6.07) is 6.06. The van der Waals surface area contributed by atoms with E-state index in [0.29, 0.717) is 18.6 Å². The number of hydrogen-bond donors (Lipinski definition) is 2. The highest BCUT2D eigenvalue weighted by molar-refractivity contribution is 7.90. The van der Waals surface area contributed by atoms with Gasteiger partial charge in [0.2, 0.25) is 0 Å². The summed E-state index contributed by atoms with van der Waals surface area (Å²) in [6.07, 6.45) is 2.05. The van der Waals surface area contributed by atoms with E-state index in [1.54, 1.807) is 12.1 Å². The molecule has 1 fully saturated rings. The van der Waals surface area contributed by atoms with Crippen LogP contribution in [-0.4, -0.2) is 37.4 Å². The van der Waals surface area contributed by atoms with Crippen molar-refractivity contribution in [2.75, 3.05) is 6.26 Å². The van der Waals surface area contributed by atoms with Gasteiger partial charge in [0.25, 0.3) is 0 Å². The topological polar surface area (TPSA) is 107 Å². The van der Waals surface area contributed by atoms with Gasteiger partial charge in [-0.05, 0) is 37.1 Å². The van der Waals surface area contributed by atoms with E-state index < -0.39 is 21.3 Å². The number of ether oxygens (including phenoxy) is 1. The Balaban J connectivity index is 2.04. The van der Waals surface area contributed by atoms with Crippen molar-refractivity contribution in [3.8, 4) is 5.75 Å². The Hall–Kier alpha value is -1.60. The van der Waals surface area contributed by atoms with Crippen molar-refractivity contribution >= 4 is 15.8 Å². The first-order valence-electron chi connectivity index (χ1n) is 6.20. The highest BCUT2D eigenvalue weighted by atomic mass is 32.2. The molecule has 110 valence electrons. The number of benzene rings is 1. The first-order chi connectivity index (χ1) is 9.21. The Morgan fingerprint density at radius 2 is 2.00 bits per heavy atom. The molecule has 1 aromatic rings. The molecule has 1 aromatic carbocycles. The van der Waals surface area contributed by atoms with Crippen LogP contribution in [0.2, 0.25) is 0 Å². The first-order valence-corrected chi connectivity index (χ1v) is 8.09. The Labute approximate surface area is 117 Å². The zero-order valence-corrected chi connectivity index (χ0v) is 11.9. The van der Waals surface area contributed by atoms with Crippen molar-refractivity contribution in [2.45, 2.75) is 35.8 Å².